The van der Waals surface area contributed by atoms with E-state index < -0.39 is 0 Å². The Morgan fingerprint density at radius 1 is 1.28 bits per heavy atom. The number of likely N-dealkylation sites (N-methyl/N-ethyl adjacent to an activating group) is 1. The number of benzene rings is 1. The minimum Gasteiger partial charge on any atom is -0.383 e. The van der Waals surface area contributed by atoms with Crippen molar-refractivity contribution >= 4 is 23.6 Å². The van der Waals surface area contributed by atoms with Crippen molar-refractivity contribution in [2.24, 2.45) is 4.99 Å². The van der Waals surface area contributed by atoms with E-state index in [1.165, 1.54) is 17.7 Å². The fraction of sp³-hybridized carbons (Fsp3) is 0.556. The zero-order valence-electron chi connectivity index (χ0n) is 15.2. The average Bonchev–Trinajstić information content (AvgIpc) is 3.37. The van der Waals surface area contributed by atoms with Crippen molar-refractivity contribution in [1.82, 2.24) is 15.5 Å². The van der Waals surface area contributed by atoms with Gasteiger partial charge in [0, 0.05) is 43.9 Å². The van der Waals surface area contributed by atoms with Crippen LogP contribution in [0.3, 0.4) is 0 Å². The number of carbonyl (C=O) groups is 1. The molecule has 2 rings (SSSR count). The van der Waals surface area contributed by atoms with Crippen LogP contribution in [0.25, 0.3) is 0 Å². The Labute approximate surface area is 154 Å². The van der Waals surface area contributed by atoms with E-state index in [0.29, 0.717) is 19.1 Å². The molecule has 1 aromatic carbocycles. The summed E-state index contributed by atoms with van der Waals surface area (Å²) in [7, 11) is 5.13. The lowest BCUT2D eigenvalue weighted by molar-refractivity contribution is -0.127. The first-order valence-electron chi connectivity index (χ1n) is 8.50. The molecule has 1 aliphatic rings. The predicted octanol–water partition coefficient (Wildman–Crippen LogP) is 1.58. The van der Waals surface area contributed by atoms with Gasteiger partial charge in [-0.15, -0.1) is 11.8 Å². The summed E-state index contributed by atoms with van der Waals surface area (Å²) in [5.41, 5.74) is 0. The van der Waals surface area contributed by atoms with Gasteiger partial charge in [-0.05, 0) is 25.0 Å². The molecule has 0 aromatic heterocycles. The highest BCUT2D eigenvalue weighted by atomic mass is 32.2. The average molecular weight is 365 g/mol. The Morgan fingerprint density at radius 2 is 2.00 bits per heavy atom. The van der Waals surface area contributed by atoms with Gasteiger partial charge in [0.15, 0.2) is 5.96 Å². The largest absolute Gasteiger partial charge is 0.383 e. The number of ether oxygens (including phenoxy) is 1. The number of thioether (sulfide) groups is 1. The lowest BCUT2D eigenvalue weighted by Gasteiger charge is -2.19. The van der Waals surface area contributed by atoms with E-state index >= 15 is 0 Å². The molecule has 1 saturated carbocycles. The summed E-state index contributed by atoms with van der Waals surface area (Å²) in [4.78, 5) is 19.0. The monoisotopic (exact) mass is 364 g/mol. The molecule has 1 amide bonds. The summed E-state index contributed by atoms with van der Waals surface area (Å²) >= 11 is 1.91. The van der Waals surface area contributed by atoms with Gasteiger partial charge in [0.25, 0.3) is 0 Å². The van der Waals surface area contributed by atoms with Gasteiger partial charge in [-0.1, -0.05) is 18.2 Å². The Balaban J connectivity index is 1.89. The van der Waals surface area contributed by atoms with Crippen molar-refractivity contribution in [3.63, 3.8) is 0 Å². The second-order valence-electron chi connectivity index (χ2n) is 6.32. The van der Waals surface area contributed by atoms with Crippen LogP contribution < -0.4 is 10.6 Å². The molecule has 0 aliphatic heterocycles. The number of hydrogen-bond donors (Lipinski definition) is 2. The molecule has 0 unspecified atom stereocenters. The first-order valence-corrected chi connectivity index (χ1v) is 9.32. The summed E-state index contributed by atoms with van der Waals surface area (Å²) in [6, 6.07) is 10.5. The number of amides is 1. The first-order chi connectivity index (χ1) is 12.0. The maximum Gasteiger partial charge on any atom is 0.243 e. The summed E-state index contributed by atoms with van der Waals surface area (Å²) in [6.45, 7) is 2.19. The molecule has 0 heterocycles. The Bertz CT molecular complexity index is 574. The number of rotatable bonds is 9. The van der Waals surface area contributed by atoms with E-state index in [9.17, 15) is 4.79 Å². The minimum absolute atomic E-state index is 0.0207. The van der Waals surface area contributed by atoms with E-state index in [2.05, 4.69) is 39.9 Å². The maximum absolute atomic E-state index is 11.8. The smallest absolute Gasteiger partial charge is 0.243 e. The third-order valence-corrected chi connectivity index (χ3v) is 5.43. The molecule has 0 bridgehead atoms. The summed E-state index contributed by atoms with van der Waals surface area (Å²) < 4.78 is 5.29. The van der Waals surface area contributed by atoms with Crippen molar-refractivity contribution in [2.45, 2.75) is 22.5 Å². The molecule has 1 aliphatic carbocycles. The summed E-state index contributed by atoms with van der Waals surface area (Å²) in [6.07, 6.45) is 2.36. The zero-order chi connectivity index (χ0) is 18.1. The second kappa shape index (κ2) is 9.68. The van der Waals surface area contributed by atoms with Gasteiger partial charge in [0.2, 0.25) is 5.91 Å². The molecular formula is C18H28N4O2S. The standard InChI is InChI=1S/C18H28N4O2S/c1-22(2)16(23)13-20-17(19-11-12-24-3)21-14-18(9-10-18)25-15-7-5-4-6-8-15/h4-8H,9-14H2,1-3H3,(H2,19,20,21). The second-order valence-corrected chi connectivity index (χ2v) is 7.87. The lowest BCUT2D eigenvalue weighted by Crippen LogP contribution is -2.43. The van der Waals surface area contributed by atoms with E-state index in [0.717, 1.165) is 6.54 Å². The molecule has 25 heavy (non-hydrogen) atoms. The van der Waals surface area contributed by atoms with Crippen LogP contribution >= 0.6 is 11.8 Å². The Kier molecular flexibility index (Phi) is 7.58. The van der Waals surface area contributed by atoms with Crippen LogP contribution in [0.1, 0.15) is 12.8 Å². The molecule has 6 nitrogen and oxygen atoms in total. The normalized spacial score (nSPS) is 15.6. The highest BCUT2D eigenvalue weighted by Gasteiger charge is 2.43. The molecule has 7 heteroatoms. The van der Waals surface area contributed by atoms with Gasteiger partial charge in [-0.25, -0.2) is 4.99 Å². The van der Waals surface area contributed by atoms with Crippen molar-refractivity contribution < 1.29 is 9.53 Å². The van der Waals surface area contributed by atoms with E-state index in [1.54, 1.807) is 26.1 Å². The van der Waals surface area contributed by atoms with Gasteiger partial charge >= 0.3 is 0 Å². The Hall–Kier alpha value is -1.73. The van der Waals surface area contributed by atoms with Crippen LogP contribution in [0.5, 0.6) is 0 Å². The molecule has 2 N–H and O–H groups in total. The van der Waals surface area contributed by atoms with E-state index in [4.69, 9.17) is 4.74 Å². The zero-order valence-corrected chi connectivity index (χ0v) is 16.1. The van der Waals surface area contributed by atoms with Crippen LogP contribution in [0, 0.1) is 0 Å². The van der Waals surface area contributed by atoms with Crippen LogP contribution in [-0.2, 0) is 9.53 Å². The molecule has 138 valence electrons. The number of guanidine groups is 1. The predicted molar refractivity (Wildman–Crippen MR) is 103 cm³/mol. The van der Waals surface area contributed by atoms with E-state index in [-0.39, 0.29) is 17.2 Å². The highest BCUT2D eigenvalue weighted by molar-refractivity contribution is 8.01. The fourth-order valence-corrected chi connectivity index (χ4v) is 3.42. The van der Waals surface area contributed by atoms with Crippen molar-refractivity contribution in [3.05, 3.63) is 30.3 Å². The first kappa shape index (κ1) is 19.6. The van der Waals surface area contributed by atoms with Crippen molar-refractivity contribution in [1.29, 1.82) is 0 Å². The summed E-state index contributed by atoms with van der Waals surface area (Å²) in [5, 5.41) is 6.60. The fourth-order valence-electron chi connectivity index (χ4n) is 2.17. The topological polar surface area (TPSA) is 66.0 Å². The van der Waals surface area contributed by atoms with Crippen LogP contribution in [0.4, 0.5) is 0 Å². The third-order valence-electron chi connectivity index (χ3n) is 3.93. The van der Waals surface area contributed by atoms with E-state index in [1.807, 2.05) is 17.8 Å². The van der Waals surface area contributed by atoms with Gasteiger partial charge in [-0.2, -0.15) is 0 Å². The number of aliphatic imine (C=N–C) groups is 1. The molecular weight excluding hydrogens is 336 g/mol. The number of nitrogens with zero attached hydrogens (tertiary/aromatic N) is 2. The maximum atomic E-state index is 11.8. The number of carbonyl (C=O) groups excluding carboxylic acids is 1. The van der Waals surface area contributed by atoms with Gasteiger partial charge in [-0.3, -0.25) is 4.79 Å². The van der Waals surface area contributed by atoms with Gasteiger partial charge in [0.05, 0.1) is 6.61 Å². The summed E-state index contributed by atoms with van der Waals surface area (Å²) in [5.74, 6) is 0.639. The molecule has 0 radical (unpaired) electrons. The number of methoxy groups -OCH3 is 1. The number of nitrogens with one attached hydrogen (secondary N) is 2. The van der Waals surface area contributed by atoms with Crippen LogP contribution in [0.2, 0.25) is 0 Å². The molecule has 0 spiro atoms. The molecule has 1 fully saturated rings. The van der Waals surface area contributed by atoms with Crippen LogP contribution in [-0.4, -0.2) is 69.0 Å². The van der Waals surface area contributed by atoms with Crippen molar-refractivity contribution in [2.75, 3.05) is 47.4 Å². The quantitative estimate of drug-likeness (QED) is 0.396. The van der Waals surface area contributed by atoms with Gasteiger partial charge < -0.3 is 20.3 Å². The van der Waals surface area contributed by atoms with Crippen LogP contribution in [0.15, 0.2) is 40.2 Å². The van der Waals surface area contributed by atoms with Crippen molar-refractivity contribution in [3.8, 4) is 0 Å². The lowest BCUT2D eigenvalue weighted by atomic mass is 10.4. The molecule has 1 aromatic rings. The SMILES string of the molecule is COCCNC(=NCC(=O)N(C)C)NCC1(Sc2ccccc2)CC1. The molecule has 0 atom stereocenters. The Morgan fingerprint density at radius 3 is 2.60 bits per heavy atom. The molecule has 0 saturated heterocycles. The minimum atomic E-state index is -0.0207. The number of hydrogen-bond acceptors (Lipinski definition) is 4. The highest BCUT2D eigenvalue weighted by Crippen LogP contribution is 2.51. The third kappa shape index (κ3) is 6.96. The van der Waals surface area contributed by atoms with Gasteiger partial charge in [0.1, 0.15) is 6.54 Å².